The van der Waals surface area contributed by atoms with Gasteiger partial charge in [-0.3, -0.25) is 14.5 Å². The fourth-order valence-electron chi connectivity index (χ4n) is 2.58. The summed E-state index contributed by atoms with van der Waals surface area (Å²) in [6.45, 7) is -0.662. The maximum atomic E-state index is 12.3. The number of carbonyl (C=O) groups is 3. The minimum atomic E-state index is -3.85. The number of hydrogen-bond donors (Lipinski definition) is 3. The summed E-state index contributed by atoms with van der Waals surface area (Å²) in [7, 11) is -3.85. The van der Waals surface area contributed by atoms with Gasteiger partial charge in [-0.05, 0) is 42.5 Å². The third kappa shape index (κ3) is 4.10. The Morgan fingerprint density at radius 1 is 1.18 bits per heavy atom. The summed E-state index contributed by atoms with van der Waals surface area (Å²) in [4.78, 5) is 36.7. The van der Waals surface area contributed by atoms with E-state index in [9.17, 15) is 22.8 Å². The van der Waals surface area contributed by atoms with Crippen molar-refractivity contribution in [2.24, 2.45) is 5.14 Å². The molecule has 1 aliphatic heterocycles. The van der Waals surface area contributed by atoms with Crippen LogP contribution in [0.1, 0.15) is 10.4 Å². The number of primary sulfonamides is 1. The van der Waals surface area contributed by atoms with Gasteiger partial charge < -0.3 is 15.2 Å². The van der Waals surface area contributed by atoms with E-state index in [1.807, 2.05) is 0 Å². The number of nitrogens with two attached hydrogens (primary N) is 1. The lowest BCUT2D eigenvalue weighted by Gasteiger charge is -2.29. The minimum absolute atomic E-state index is 0.0546. The van der Waals surface area contributed by atoms with Crippen LogP contribution in [0.5, 0.6) is 5.75 Å². The molecule has 2 amide bonds. The van der Waals surface area contributed by atoms with E-state index in [1.54, 1.807) is 0 Å². The lowest BCUT2D eigenvalue weighted by molar-refractivity contribution is -0.123. The van der Waals surface area contributed by atoms with Crippen LogP contribution in [0.15, 0.2) is 47.4 Å². The Kier molecular flexibility index (Phi) is 5.03. The van der Waals surface area contributed by atoms with Crippen molar-refractivity contribution in [3.05, 3.63) is 48.0 Å². The van der Waals surface area contributed by atoms with Crippen molar-refractivity contribution in [3.63, 3.8) is 0 Å². The number of hydrogen-bond acceptors (Lipinski definition) is 6. The zero-order valence-electron chi connectivity index (χ0n) is 14.3. The minimum Gasteiger partial charge on any atom is -0.482 e. The van der Waals surface area contributed by atoms with Crippen LogP contribution in [0.2, 0.25) is 0 Å². The summed E-state index contributed by atoms with van der Waals surface area (Å²) in [6, 6.07) is 9.19. The molecule has 146 valence electrons. The Morgan fingerprint density at radius 2 is 1.86 bits per heavy atom. The molecule has 3 rings (SSSR count). The molecule has 0 aliphatic carbocycles. The molecule has 0 radical (unpaired) electrons. The molecule has 0 fully saturated rings. The Bertz CT molecular complexity index is 1060. The second-order valence-electron chi connectivity index (χ2n) is 5.87. The molecule has 0 saturated carbocycles. The largest absolute Gasteiger partial charge is 0.482 e. The number of anilines is 2. The zero-order valence-corrected chi connectivity index (χ0v) is 15.1. The van der Waals surface area contributed by atoms with Crippen LogP contribution >= 0.6 is 0 Å². The number of amides is 2. The standard InChI is InChI=1S/C17H15N3O7S/c18-28(25,26)12-4-2-11(3-5-12)19-15(21)8-20-13-7-10(17(23)24)1-6-14(13)27-9-16(20)22/h1-7H,8-9H2,(H,19,21)(H,23,24)(H2,18,25,26). The van der Waals surface area contributed by atoms with Gasteiger partial charge in [-0.2, -0.15) is 0 Å². The summed E-state index contributed by atoms with van der Waals surface area (Å²) in [6.07, 6.45) is 0. The average Bonchev–Trinajstić information content (AvgIpc) is 2.63. The smallest absolute Gasteiger partial charge is 0.335 e. The molecule has 11 heteroatoms. The summed E-state index contributed by atoms with van der Waals surface area (Å²) in [5, 5.41) is 16.7. The number of nitrogens with zero attached hydrogens (tertiary/aromatic N) is 1. The van der Waals surface area contributed by atoms with Crippen LogP contribution in [-0.2, 0) is 19.6 Å². The molecule has 2 aromatic rings. The Morgan fingerprint density at radius 3 is 2.46 bits per heavy atom. The van der Waals surface area contributed by atoms with Crippen LogP contribution < -0.4 is 20.1 Å². The van der Waals surface area contributed by atoms with Gasteiger partial charge in [-0.25, -0.2) is 18.4 Å². The van der Waals surface area contributed by atoms with Gasteiger partial charge in [-0.15, -0.1) is 0 Å². The van der Waals surface area contributed by atoms with Gasteiger partial charge in [0.2, 0.25) is 15.9 Å². The first-order valence-electron chi connectivity index (χ1n) is 7.88. The van der Waals surface area contributed by atoms with Crippen molar-refractivity contribution in [2.75, 3.05) is 23.4 Å². The van der Waals surface area contributed by atoms with Crippen molar-refractivity contribution in [1.29, 1.82) is 0 Å². The maximum Gasteiger partial charge on any atom is 0.335 e. The van der Waals surface area contributed by atoms with E-state index in [4.69, 9.17) is 15.0 Å². The molecule has 0 bridgehead atoms. The summed E-state index contributed by atoms with van der Waals surface area (Å²) in [5.74, 6) is -1.96. The summed E-state index contributed by atoms with van der Waals surface area (Å²) in [5.41, 5.74) is 0.425. The van der Waals surface area contributed by atoms with Crippen molar-refractivity contribution >= 4 is 39.2 Å². The van der Waals surface area contributed by atoms with Gasteiger partial charge in [-0.1, -0.05) is 0 Å². The lowest BCUT2D eigenvalue weighted by Crippen LogP contribution is -2.43. The fraction of sp³-hybridized carbons (Fsp3) is 0.118. The van der Waals surface area contributed by atoms with E-state index in [0.717, 1.165) is 4.90 Å². The van der Waals surface area contributed by atoms with E-state index in [1.165, 1.54) is 42.5 Å². The molecule has 0 unspecified atom stereocenters. The van der Waals surface area contributed by atoms with E-state index < -0.39 is 27.8 Å². The molecule has 28 heavy (non-hydrogen) atoms. The van der Waals surface area contributed by atoms with Gasteiger partial charge in [0.1, 0.15) is 12.3 Å². The predicted octanol–water partition coefficient (Wildman–Crippen LogP) is 0.396. The number of ether oxygens (including phenoxy) is 1. The number of carboxylic acid groups (broad SMARTS) is 1. The quantitative estimate of drug-likeness (QED) is 0.650. The second kappa shape index (κ2) is 7.29. The van der Waals surface area contributed by atoms with Crippen LogP contribution in [0.25, 0.3) is 0 Å². The number of sulfonamides is 1. The molecular formula is C17H15N3O7S. The number of benzene rings is 2. The zero-order chi connectivity index (χ0) is 20.5. The molecule has 0 saturated heterocycles. The number of carbonyl (C=O) groups excluding carboxylic acids is 2. The topological polar surface area (TPSA) is 156 Å². The fourth-order valence-corrected chi connectivity index (χ4v) is 3.10. The highest BCUT2D eigenvalue weighted by Crippen LogP contribution is 2.33. The van der Waals surface area contributed by atoms with Gasteiger partial charge in [0.05, 0.1) is 16.1 Å². The lowest BCUT2D eigenvalue weighted by atomic mass is 10.1. The van der Waals surface area contributed by atoms with Crippen LogP contribution in [0, 0.1) is 0 Å². The van der Waals surface area contributed by atoms with Crippen molar-refractivity contribution in [2.45, 2.75) is 4.90 Å². The maximum absolute atomic E-state index is 12.3. The number of rotatable bonds is 5. The van der Waals surface area contributed by atoms with Crippen molar-refractivity contribution < 1.29 is 32.6 Å². The first-order valence-corrected chi connectivity index (χ1v) is 9.43. The Balaban J connectivity index is 1.78. The van der Waals surface area contributed by atoms with Crippen molar-refractivity contribution in [1.82, 2.24) is 0 Å². The molecule has 0 atom stereocenters. The normalized spacial score (nSPS) is 13.5. The molecule has 10 nitrogen and oxygen atoms in total. The van der Waals surface area contributed by atoms with Crippen LogP contribution in [0.4, 0.5) is 11.4 Å². The van der Waals surface area contributed by atoms with Gasteiger partial charge in [0, 0.05) is 5.69 Å². The third-order valence-corrected chi connectivity index (χ3v) is 4.85. The van der Waals surface area contributed by atoms with Crippen LogP contribution in [-0.4, -0.2) is 44.5 Å². The highest BCUT2D eigenvalue weighted by atomic mass is 32.2. The predicted molar refractivity (Wildman–Crippen MR) is 97.7 cm³/mol. The van der Waals surface area contributed by atoms with Gasteiger partial charge in [0.25, 0.3) is 5.91 Å². The number of nitrogens with one attached hydrogen (secondary N) is 1. The number of carboxylic acids is 1. The number of aromatic carboxylic acids is 1. The van der Waals surface area contributed by atoms with E-state index in [2.05, 4.69) is 5.32 Å². The van der Waals surface area contributed by atoms with Crippen LogP contribution in [0.3, 0.4) is 0 Å². The molecule has 4 N–H and O–H groups in total. The van der Waals surface area contributed by atoms with Crippen molar-refractivity contribution in [3.8, 4) is 5.75 Å². The Labute approximate surface area is 159 Å². The second-order valence-corrected chi connectivity index (χ2v) is 7.44. The highest BCUT2D eigenvalue weighted by Gasteiger charge is 2.28. The molecule has 1 aliphatic rings. The molecule has 1 heterocycles. The first kappa shape index (κ1) is 19.3. The van der Waals surface area contributed by atoms with E-state index >= 15 is 0 Å². The molecule has 0 aromatic heterocycles. The van der Waals surface area contributed by atoms with E-state index in [0.29, 0.717) is 5.69 Å². The summed E-state index contributed by atoms with van der Waals surface area (Å²) >= 11 is 0. The molecular weight excluding hydrogens is 390 g/mol. The highest BCUT2D eigenvalue weighted by molar-refractivity contribution is 7.89. The van der Waals surface area contributed by atoms with Gasteiger partial charge >= 0.3 is 5.97 Å². The first-order chi connectivity index (χ1) is 13.1. The van der Waals surface area contributed by atoms with Gasteiger partial charge in [0.15, 0.2) is 6.61 Å². The third-order valence-electron chi connectivity index (χ3n) is 3.92. The average molecular weight is 405 g/mol. The van der Waals surface area contributed by atoms with E-state index in [-0.39, 0.29) is 35.0 Å². The molecule has 0 spiro atoms. The Hall–Kier alpha value is -3.44. The SMILES string of the molecule is NS(=O)(=O)c1ccc(NC(=O)CN2C(=O)COc3ccc(C(=O)O)cc32)cc1. The number of fused-ring (bicyclic) bond motifs is 1. The summed E-state index contributed by atoms with van der Waals surface area (Å²) < 4.78 is 27.8. The molecule has 2 aromatic carbocycles. The monoisotopic (exact) mass is 405 g/mol.